The summed E-state index contributed by atoms with van der Waals surface area (Å²) in [7, 11) is -4.17. The van der Waals surface area contributed by atoms with Crippen molar-refractivity contribution in [2.45, 2.75) is 110 Å². The summed E-state index contributed by atoms with van der Waals surface area (Å²) >= 11 is 0. The molecule has 0 aromatic heterocycles. The summed E-state index contributed by atoms with van der Waals surface area (Å²) in [5, 5.41) is 2.95. The van der Waals surface area contributed by atoms with E-state index in [0.29, 0.717) is 6.61 Å². The Morgan fingerprint density at radius 3 is 1.84 bits per heavy atom. The van der Waals surface area contributed by atoms with E-state index in [-0.39, 0.29) is 16.2 Å². The van der Waals surface area contributed by atoms with E-state index in [4.69, 9.17) is 8.85 Å². The van der Waals surface area contributed by atoms with Crippen molar-refractivity contribution >= 4 is 27.0 Å². The molecule has 0 aliphatic heterocycles. The predicted molar refractivity (Wildman–Crippen MR) is 171 cm³/mol. The maximum Gasteiger partial charge on any atom is 0.261 e. The van der Waals surface area contributed by atoms with Crippen LogP contribution in [-0.4, -0.2) is 29.3 Å². The van der Waals surface area contributed by atoms with Crippen LogP contribution in [-0.2, 0) is 8.85 Å². The molecule has 0 saturated carbocycles. The lowest BCUT2D eigenvalue weighted by atomic mass is 10.1. The second-order valence-corrected chi connectivity index (χ2v) is 22.1. The fraction of sp³-hybridized carbons (Fsp3) is 0.529. The Morgan fingerprint density at radius 1 is 0.789 bits per heavy atom. The van der Waals surface area contributed by atoms with Gasteiger partial charge in [-0.2, -0.15) is 0 Å². The van der Waals surface area contributed by atoms with E-state index in [2.05, 4.69) is 140 Å². The summed E-state index contributed by atoms with van der Waals surface area (Å²) in [5.41, 5.74) is 0. The Bertz CT molecular complexity index is 996. The minimum absolute atomic E-state index is 0.0194. The predicted octanol–water partition coefficient (Wildman–Crippen LogP) is 8.48. The Labute approximate surface area is 236 Å². The first-order chi connectivity index (χ1) is 17.8. The highest BCUT2D eigenvalue weighted by Gasteiger charge is 2.50. The number of rotatable bonds is 12. The molecular weight excluding hydrogens is 497 g/mol. The molecule has 0 aliphatic rings. The molecule has 0 amide bonds. The molecule has 0 saturated heterocycles. The van der Waals surface area contributed by atoms with Crippen molar-refractivity contribution in [2.75, 3.05) is 6.61 Å². The highest BCUT2D eigenvalue weighted by molar-refractivity contribution is 6.99. The van der Waals surface area contributed by atoms with Crippen LogP contribution in [0.2, 0.25) is 23.2 Å². The molecule has 2 nitrogen and oxygen atoms in total. The minimum atomic E-state index is -2.47. The molecule has 1 atom stereocenters. The van der Waals surface area contributed by atoms with Gasteiger partial charge >= 0.3 is 0 Å². The first kappa shape index (κ1) is 32.3. The first-order valence-electron chi connectivity index (χ1n) is 14.4. The maximum absolute atomic E-state index is 7.20. The van der Waals surface area contributed by atoms with Crippen LogP contribution in [0.1, 0.15) is 80.6 Å². The first-order valence-corrected chi connectivity index (χ1v) is 19.2. The Hall–Kier alpha value is -1.91. The van der Waals surface area contributed by atoms with Crippen molar-refractivity contribution in [3.8, 4) is 11.8 Å². The van der Waals surface area contributed by atoms with Gasteiger partial charge in [-0.15, -0.1) is 0 Å². The van der Waals surface area contributed by atoms with Crippen LogP contribution in [0, 0.1) is 11.8 Å². The third-order valence-electron chi connectivity index (χ3n) is 7.89. The van der Waals surface area contributed by atoms with Crippen LogP contribution in [0.15, 0.2) is 72.8 Å². The summed E-state index contributed by atoms with van der Waals surface area (Å²) in [6.45, 7) is 21.2. The molecule has 2 aromatic carbocycles. The smallest absolute Gasteiger partial charge is 0.261 e. The minimum Gasteiger partial charge on any atom is -0.406 e. The lowest BCUT2D eigenvalue weighted by Crippen LogP contribution is -2.67. The number of hydrogen-bond donors (Lipinski definition) is 0. The van der Waals surface area contributed by atoms with Crippen molar-refractivity contribution in [3.63, 3.8) is 0 Å². The zero-order valence-electron chi connectivity index (χ0n) is 25.6. The Kier molecular flexibility index (Phi) is 12.3. The van der Waals surface area contributed by atoms with E-state index < -0.39 is 16.6 Å². The fourth-order valence-corrected chi connectivity index (χ4v) is 10.2. The molecule has 0 aliphatic carbocycles. The van der Waals surface area contributed by atoms with Gasteiger partial charge in [0.15, 0.2) is 8.32 Å². The normalized spacial score (nSPS) is 13.8. The highest BCUT2D eigenvalue weighted by atomic mass is 28.4. The molecule has 4 heteroatoms. The highest BCUT2D eigenvalue weighted by Crippen LogP contribution is 2.38. The van der Waals surface area contributed by atoms with Gasteiger partial charge < -0.3 is 8.85 Å². The molecule has 0 unspecified atom stereocenters. The van der Waals surface area contributed by atoms with Gasteiger partial charge in [0.05, 0.1) is 6.61 Å². The van der Waals surface area contributed by atoms with E-state index in [0.717, 1.165) is 12.8 Å². The quantitative estimate of drug-likeness (QED) is 0.150. The van der Waals surface area contributed by atoms with E-state index in [1.54, 1.807) is 0 Å². The Morgan fingerprint density at radius 2 is 1.34 bits per heavy atom. The van der Waals surface area contributed by atoms with E-state index in [9.17, 15) is 0 Å². The maximum atomic E-state index is 7.20. The number of benzene rings is 2. The lowest BCUT2D eigenvalue weighted by molar-refractivity contribution is 0.192. The van der Waals surface area contributed by atoms with Gasteiger partial charge in [-0.25, -0.2) is 0 Å². The Balaban J connectivity index is 1.87. The fourth-order valence-electron chi connectivity index (χ4n) is 4.60. The van der Waals surface area contributed by atoms with Crippen molar-refractivity contribution in [1.82, 2.24) is 0 Å². The zero-order valence-corrected chi connectivity index (χ0v) is 27.6. The van der Waals surface area contributed by atoms with Gasteiger partial charge in [0, 0.05) is 6.10 Å². The van der Waals surface area contributed by atoms with Crippen molar-refractivity contribution < 1.29 is 8.85 Å². The van der Waals surface area contributed by atoms with Crippen molar-refractivity contribution in [3.05, 3.63) is 72.8 Å². The van der Waals surface area contributed by atoms with Crippen LogP contribution in [0.25, 0.3) is 0 Å². The van der Waals surface area contributed by atoms with Gasteiger partial charge in [-0.05, 0) is 65.8 Å². The van der Waals surface area contributed by atoms with Crippen molar-refractivity contribution in [2.24, 2.45) is 0 Å². The summed E-state index contributed by atoms with van der Waals surface area (Å²) in [6, 6.07) is 21.9. The lowest BCUT2D eigenvalue weighted by Gasteiger charge is -2.44. The molecule has 208 valence electrons. The molecule has 0 spiro atoms. The van der Waals surface area contributed by atoms with Crippen molar-refractivity contribution in [1.29, 1.82) is 0 Å². The second kappa shape index (κ2) is 14.5. The molecule has 0 heterocycles. The SMILES string of the molecule is C[C@H](CCCCC/C=C/C#CCO[Si](C)(C)C(C)(C)C)O[Si](c1ccccc1)(c1ccccc1)C(C)(C)C. The molecule has 0 fully saturated rings. The summed E-state index contributed by atoms with van der Waals surface area (Å²) < 4.78 is 13.3. The largest absolute Gasteiger partial charge is 0.406 e. The van der Waals surface area contributed by atoms with E-state index >= 15 is 0 Å². The van der Waals surface area contributed by atoms with E-state index in [1.165, 1.54) is 29.6 Å². The average molecular weight is 549 g/mol. The summed E-state index contributed by atoms with van der Waals surface area (Å²) in [5.74, 6) is 6.30. The van der Waals surface area contributed by atoms with E-state index in [1.807, 2.05) is 6.08 Å². The van der Waals surface area contributed by atoms with Crippen LogP contribution in [0.4, 0.5) is 0 Å². The summed E-state index contributed by atoms with van der Waals surface area (Å²) in [4.78, 5) is 0. The molecular formula is C34H52O2Si2. The molecule has 2 aromatic rings. The summed E-state index contributed by atoms with van der Waals surface area (Å²) in [6.07, 6.45) is 10.1. The number of hydrogen-bond acceptors (Lipinski definition) is 2. The molecule has 0 bridgehead atoms. The third kappa shape index (κ3) is 9.09. The van der Waals surface area contributed by atoms with Crippen LogP contribution >= 0.6 is 0 Å². The molecule has 0 radical (unpaired) electrons. The van der Waals surface area contributed by atoms with Crippen LogP contribution < -0.4 is 10.4 Å². The van der Waals surface area contributed by atoms with Gasteiger partial charge in [0.1, 0.15) is 0 Å². The zero-order chi connectivity index (χ0) is 28.3. The van der Waals surface area contributed by atoms with Gasteiger partial charge in [-0.3, -0.25) is 0 Å². The monoisotopic (exact) mass is 548 g/mol. The molecule has 38 heavy (non-hydrogen) atoms. The number of unbranched alkanes of at least 4 members (excludes halogenated alkanes) is 3. The van der Waals surface area contributed by atoms with Gasteiger partial charge in [0.25, 0.3) is 8.32 Å². The van der Waals surface area contributed by atoms with Crippen LogP contribution in [0.3, 0.4) is 0 Å². The van der Waals surface area contributed by atoms with Crippen LogP contribution in [0.5, 0.6) is 0 Å². The standard InChI is InChI=1S/C34H52O2Si2/c1-30(24-18-14-12-10-11-13-15-23-29-35-37(8,9)33(2,3)4)36-38(34(5,6)7,31-25-19-16-20-26-31)32-27-21-17-22-28-32/h11,13,16-17,19-22,25-28,30H,10,12,14,18,24,29H2,1-9H3/b13-11+/t30-/m1/s1. The second-order valence-electron chi connectivity index (χ2n) is 13.0. The number of allylic oxidation sites excluding steroid dienone is 2. The molecule has 0 N–H and O–H groups in total. The topological polar surface area (TPSA) is 18.5 Å². The molecule has 2 rings (SSSR count). The average Bonchev–Trinajstić information content (AvgIpc) is 2.85. The van der Waals surface area contributed by atoms with Gasteiger partial charge in [-0.1, -0.05) is 133 Å². The third-order valence-corrected chi connectivity index (χ3v) is 17.5. The van der Waals surface area contributed by atoms with Gasteiger partial charge in [0.2, 0.25) is 0 Å².